The van der Waals surface area contributed by atoms with Gasteiger partial charge >= 0.3 is 0 Å². The van der Waals surface area contributed by atoms with Crippen molar-refractivity contribution in [2.24, 2.45) is 0 Å². The maximum atomic E-state index is 5.97. The highest BCUT2D eigenvalue weighted by Gasteiger charge is 2.11. The molecule has 1 aliphatic rings. The maximum Gasteiger partial charge on any atom is 0.163 e. The number of hydrogen-bond acceptors (Lipinski definition) is 7. The number of rotatable bonds is 9. The fourth-order valence-corrected chi connectivity index (χ4v) is 3.04. The Bertz CT molecular complexity index is 704. The predicted octanol–water partition coefficient (Wildman–Crippen LogP) is 3.14. The highest BCUT2D eigenvalue weighted by molar-refractivity contribution is 5.61. The SMILES string of the molecule is CNc1cncc(Nc2ccc(OC)c(OCCCN3CCCC3)c2)n1. The molecule has 0 bridgehead atoms. The first-order valence-corrected chi connectivity index (χ1v) is 9.08. The molecule has 140 valence electrons. The molecule has 2 heterocycles. The van der Waals surface area contributed by atoms with Crippen molar-refractivity contribution in [3.63, 3.8) is 0 Å². The van der Waals surface area contributed by atoms with Gasteiger partial charge in [0.2, 0.25) is 0 Å². The monoisotopic (exact) mass is 357 g/mol. The Labute approximate surface area is 154 Å². The second kappa shape index (κ2) is 9.24. The van der Waals surface area contributed by atoms with Gasteiger partial charge in [-0.25, -0.2) is 4.98 Å². The number of likely N-dealkylation sites (tertiary alicyclic amines) is 1. The zero-order valence-electron chi connectivity index (χ0n) is 15.5. The van der Waals surface area contributed by atoms with Crippen LogP contribution in [0.25, 0.3) is 0 Å². The van der Waals surface area contributed by atoms with Gasteiger partial charge in [0.05, 0.1) is 26.1 Å². The first kappa shape index (κ1) is 18.3. The lowest BCUT2D eigenvalue weighted by Gasteiger charge is -2.16. The van der Waals surface area contributed by atoms with Crippen molar-refractivity contribution in [3.8, 4) is 11.5 Å². The molecule has 0 aliphatic carbocycles. The van der Waals surface area contributed by atoms with E-state index in [1.165, 1.54) is 25.9 Å². The summed E-state index contributed by atoms with van der Waals surface area (Å²) in [5.74, 6) is 2.84. The molecule has 26 heavy (non-hydrogen) atoms. The van der Waals surface area contributed by atoms with Crippen molar-refractivity contribution in [2.45, 2.75) is 19.3 Å². The molecule has 0 saturated carbocycles. The van der Waals surface area contributed by atoms with E-state index in [1.807, 2.05) is 25.2 Å². The number of ether oxygens (including phenoxy) is 2. The van der Waals surface area contributed by atoms with Crippen molar-refractivity contribution in [1.82, 2.24) is 14.9 Å². The van der Waals surface area contributed by atoms with E-state index < -0.39 is 0 Å². The normalized spacial score (nSPS) is 14.2. The molecule has 1 aromatic heterocycles. The fourth-order valence-electron chi connectivity index (χ4n) is 3.04. The van der Waals surface area contributed by atoms with E-state index in [1.54, 1.807) is 19.5 Å². The Balaban J connectivity index is 1.59. The van der Waals surface area contributed by atoms with Gasteiger partial charge < -0.3 is 25.0 Å². The van der Waals surface area contributed by atoms with Crippen molar-refractivity contribution >= 4 is 17.3 Å². The lowest BCUT2D eigenvalue weighted by molar-refractivity contribution is 0.254. The Morgan fingerprint density at radius 3 is 2.69 bits per heavy atom. The first-order chi connectivity index (χ1) is 12.8. The van der Waals surface area contributed by atoms with Crippen molar-refractivity contribution in [1.29, 1.82) is 0 Å². The van der Waals surface area contributed by atoms with Crippen molar-refractivity contribution in [2.75, 3.05) is 51.0 Å². The molecule has 1 aliphatic heterocycles. The molecule has 7 heteroatoms. The van der Waals surface area contributed by atoms with Gasteiger partial charge in [-0.3, -0.25) is 4.98 Å². The molecule has 1 aromatic carbocycles. The Morgan fingerprint density at radius 2 is 1.92 bits per heavy atom. The van der Waals surface area contributed by atoms with E-state index in [-0.39, 0.29) is 0 Å². The fraction of sp³-hybridized carbons (Fsp3) is 0.474. The molecule has 2 aromatic rings. The third-order valence-electron chi connectivity index (χ3n) is 4.40. The molecule has 0 radical (unpaired) electrons. The topological polar surface area (TPSA) is 71.5 Å². The summed E-state index contributed by atoms with van der Waals surface area (Å²) in [4.78, 5) is 11.1. The summed E-state index contributed by atoms with van der Waals surface area (Å²) in [6, 6.07) is 5.76. The van der Waals surface area contributed by atoms with Gasteiger partial charge in [0.25, 0.3) is 0 Å². The minimum Gasteiger partial charge on any atom is -0.493 e. The minimum atomic E-state index is 0.669. The largest absolute Gasteiger partial charge is 0.493 e. The van der Waals surface area contributed by atoms with Crippen molar-refractivity contribution < 1.29 is 9.47 Å². The second-order valence-electron chi connectivity index (χ2n) is 6.28. The number of anilines is 3. The van der Waals surface area contributed by atoms with Crippen molar-refractivity contribution in [3.05, 3.63) is 30.6 Å². The summed E-state index contributed by atoms with van der Waals surface area (Å²) < 4.78 is 11.4. The average molecular weight is 357 g/mol. The molecule has 0 unspecified atom stereocenters. The van der Waals surface area contributed by atoms with Crippen LogP contribution >= 0.6 is 0 Å². The van der Waals surface area contributed by atoms with E-state index in [4.69, 9.17) is 9.47 Å². The number of nitrogens with zero attached hydrogens (tertiary/aromatic N) is 3. The number of benzene rings is 1. The third kappa shape index (κ3) is 4.98. The highest BCUT2D eigenvalue weighted by Crippen LogP contribution is 2.31. The molecule has 0 spiro atoms. The zero-order valence-corrected chi connectivity index (χ0v) is 15.5. The smallest absolute Gasteiger partial charge is 0.163 e. The molecule has 7 nitrogen and oxygen atoms in total. The molecule has 1 fully saturated rings. The van der Waals surface area contributed by atoms with Crippen LogP contribution in [0.5, 0.6) is 11.5 Å². The average Bonchev–Trinajstić information content (AvgIpc) is 3.19. The van der Waals surface area contributed by atoms with Crippen LogP contribution in [0.3, 0.4) is 0 Å². The maximum absolute atomic E-state index is 5.97. The molecule has 1 saturated heterocycles. The van der Waals surface area contributed by atoms with Crippen LogP contribution in [0.4, 0.5) is 17.3 Å². The second-order valence-corrected chi connectivity index (χ2v) is 6.28. The van der Waals surface area contributed by atoms with Gasteiger partial charge in [0, 0.05) is 25.3 Å². The summed E-state index contributed by atoms with van der Waals surface area (Å²) >= 11 is 0. The number of nitrogens with one attached hydrogen (secondary N) is 2. The lowest BCUT2D eigenvalue weighted by Crippen LogP contribution is -2.21. The van der Waals surface area contributed by atoms with Crippen LogP contribution in [0.2, 0.25) is 0 Å². The first-order valence-electron chi connectivity index (χ1n) is 9.08. The third-order valence-corrected chi connectivity index (χ3v) is 4.40. The van der Waals surface area contributed by atoms with E-state index in [2.05, 4.69) is 25.5 Å². The summed E-state index contributed by atoms with van der Waals surface area (Å²) in [6.07, 6.45) is 7.01. The number of aromatic nitrogens is 2. The van der Waals surface area contributed by atoms with Crippen LogP contribution in [-0.4, -0.2) is 55.3 Å². The van der Waals surface area contributed by atoms with Crippen LogP contribution in [0.15, 0.2) is 30.6 Å². The van der Waals surface area contributed by atoms with Gasteiger partial charge in [-0.1, -0.05) is 0 Å². The van der Waals surface area contributed by atoms with Gasteiger partial charge in [-0.2, -0.15) is 0 Å². The van der Waals surface area contributed by atoms with Crippen LogP contribution in [0.1, 0.15) is 19.3 Å². The molecule has 0 atom stereocenters. The van der Waals surface area contributed by atoms with Crippen LogP contribution < -0.4 is 20.1 Å². The highest BCUT2D eigenvalue weighted by atomic mass is 16.5. The number of hydrogen-bond donors (Lipinski definition) is 2. The number of methoxy groups -OCH3 is 1. The Morgan fingerprint density at radius 1 is 1.12 bits per heavy atom. The summed E-state index contributed by atoms with van der Waals surface area (Å²) in [6.45, 7) is 4.20. The minimum absolute atomic E-state index is 0.669. The van der Waals surface area contributed by atoms with E-state index in [0.717, 1.165) is 30.2 Å². The van der Waals surface area contributed by atoms with Gasteiger partial charge in [0.1, 0.15) is 5.82 Å². The molecule has 2 N–H and O–H groups in total. The quantitative estimate of drug-likeness (QED) is 0.668. The van der Waals surface area contributed by atoms with Gasteiger partial charge in [-0.05, 0) is 44.5 Å². The lowest BCUT2D eigenvalue weighted by atomic mass is 10.2. The predicted molar refractivity (Wildman–Crippen MR) is 104 cm³/mol. The zero-order chi connectivity index (χ0) is 18.2. The standard InChI is InChI=1S/C19H27N5O2/c1-20-18-13-21-14-19(23-18)22-15-6-7-16(25-2)17(12-15)26-11-5-10-24-8-3-4-9-24/h6-7,12-14H,3-5,8-11H2,1-2H3,(H2,20,22,23). The molecule has 0 amide bonds. The van der Waals surface area contributed by atoms with Gasteiger partial charge in [-0.15, -0.1) is 0 Å². The van der Waals surface area contributed by atoms with E-state index in [9.17, 15) is 0 Å². The van der Waals surface area contributed by atoms with Gasteiger partial charge in [0.15, 0.2) is 17.3 Å². The van der Waals surface area contributed by atoms with E-state index in [0.29, 0.717) is 18.2 Å². The summed E-state index contributed by atoms with van der Waals surface area (Å²) in [5, 5.41) is 6.23. The van der Waals surface area contributed by atoms with E-state index >= 15 is 0 Å². The Kier molecular flexibility index (Phi) is 6.49. The molecular weight excluding hydrogens is 330 g/mol. The Hall–Kier alpha value is -2.54. The van der Waals surface area contributed by atoms with Crippen LogP contribution in [-0.2, 0) is 0 Å². The summed E-state index contributed by atoms with van der Waals surface area (Å²) in [5.41, 5.74) is 0.878. The molecular formula is C19H27N5O2. The summed E-state index contributed by atoms with van der Waals surface area (Å²) in [7, 11) is 3.47. The molecule has 3 rings (SSSR count). The van der Waals surface area contributed by atoms with Crippen LogP contribution in [0, 0.1) is 0 Å².